The van der Waals surface area contributed by atoms with Gasteiger partial charge in [-0.3, -0.25) is 0 Å². The second-order valence-electron chi connectivity index (χ2n) is 8.49. The third-order valence-corrected chi connectivity index (χ3v) is 7.18. The molecule has 1 fully saturated rings. The molecule has 2 N–H and O–H groups in total. The van der Waals surface area contributed by atoms with Gasteiger partial charge in [0, 0.05) is 18.1 Å². The standard InChI is InChI=1S/C23H25F3N4OS/c1-14-10-15(12-17(11-14)29-21-27-9-8-19(30-21)23(24,25)26)18-13-28-20(32-18)22(2,31)16-6-4-3-5-7-16/h8-13,16,31H,3-7H2,1-2H3,(H,27,29,30)/t22-/m0/s1. The van der Waals surface area contributed by atoms with Crippen LogP contribution in [0.25, 0.3) is 10.4 Å². The van der Waals surface area contributed by atoms with E-state index in [9.17, 15) is 18.3 Å². The highest BCUT2D eigenvalue weighted by molar-refractivity contribution is 7.15. The first-order valence-corrected chi connectivity index (χ1v) is 11.4. The normalized spacial score (nSPS) is 17.2. The minimum absolute atomic E-state index is 0.124. The van der Waals surface area contributed by atoms with E-state index in [-0.39, 0.29) is 11.9 Å². The van der Waals surface area contributed by atoms with Crippen LogP contribution in [0.2, 0.25) is 0 Å². The first kappa shape index (κ1) is 22.7. The van der Waals surface area contributed by atoms with Crippen molar-refractivity contribution in [3.8, 4) is 10.4 Å². The Bertz CT molecular complexity index is 1090. The number of aliphatic hydroxyl groups is 1. The number of nitrogens with one attached hydrogen (secondary N) is 1. The Kier molecular flexibility index (Phi) is 6.22. The molecular weight excluding hydrogens is 437 g/mol. The van der Waals surface area contributed by atoms with Gasteiger partial charge in [-0.2, -0.15) is 13.2 Å². The number of anilines is 2. The number of rotatable bonds is 5. The molecule has 2 heterocycles. The number of nitrogens with zero attached hydrogens (tertiary/aromatic N) is 3. The zero-order valence-electron chi connectivity index (χ0n) is 17.9. The lowest BCUT2D eigenvalue weighted by Gasteiger charge is -2.33. The Labute approximate surface area is 188 Å². The topological polar surface area (TPSA) is 70.9 Å². The van der Waals surface area contributed by atoms with E-state index in [2.05, 4.69) is 20.3 Å². The summed E-state index contributed by atoms with van der Waals surface area (Å²) in [5, 5.41) is 14.8. The highest BCUT2D eigenvalue weighted by Gasteiger charge is 2.37. The van der Waals surface area contributed by atoms with Crippen LogP contribution >= 0.6 is 11.3 Å². The second-order valence-corrected chi connectivity index (χ2v) is 9.52. The van der Waals surface area contributed by atoms with E-state index in [1.165, 1.54) is 17.8 Å². The van der Waals surface area contributed by atoms with Crippen LogP contribution in [0, 0.1) is 12.8 Å². The van der Waals surface area contributed by atoms with Crippen molar-refractivity contribution in [2.75, 3.05) is 5.32 Å². The van der Waals surface area contributed by atoms with Gasteiger partial charge in [0.1, 0.15) is 16.3 Å². The summed E-state index contributed by atoms with van der Waals surface area (Å²) in [6.45, 7) is 3.75. The molecule has 1 aromatic carbocycles. The molecule has 0 amide bonds. The molecule has 0 radical (unpaired) electrons. The Hall–Kier alpha value is -2.52. The van der Waals surface area contributed by atoms with Crippen molar-refractivity contribution < 1.29 is 18.3 Å². The zero-order chi connectivity index (χ0) is 22.9. The van der Waals surface area contributed by atoms with Crippen LogP contribution in [0.1, 0.15) is 55.3 Å². The molecule has 0 saturated heterocycles. The van der Waals surface area contributed by atoms with E-state index in [1.54, 1.807) is 6.20 Å². The molecule has 1 saturated carbocycles. The second kappa shape index (κ2) is 8.78. The number of hydrogen-bond donors (Lipinski definition) is 2. The molecule has 4 rings (SSSR count). The predicted molar refractivity (Wildman–Crippen MR) is 119 cm³/mol. The maximum atomic E-state index is 12.9. The summed E-state index contributed by atoms with van der Waals surface area (Å²) in [6.07, 6.45) is 3.76. The summed E-state index contributed by atoms with van der Waals surface area (Å²) in [7, 11) is 0. The number of halogens is 3. The quantitative estimate of drug-likeness (QED) is 0.455. The Morgan fingerprint density at radius 2 is 1.84 bits per heavy atom. The van der Waals surface area contributed by atoms with Crippen molar-refractivity contribution in [1.82, 2.24) is 15.0 Å². The maximum Gasteiger partial charge on any atom is 0.433 e. The molecule has 0 aliphatic heterocycles. The van der Waals surface area contributed by atoms with Crippen LogP contribution in [-0.2, 0) is 11.8 Å². The van der Waals surface area contributed by atoms with Gasteiger partial charge in [-0.05, 0) is 61.9 Å². The fourth-order valence-corrected chi connectivity index (χ4v) is 5.21. The van der Waals surface area contributed by atoms with Gasteiger partial charge >= 0.3 is 6.18 Å². The summed E-state index contributed by atoms with van der Waals surface area (Å²) in [6, 6.07) is 6.45. The Morgan fingerprint density at radius 3 is 2.56 bits per heavy atom. The van der Waals surface area contributed by atoms with E-state index in [0.717, 1.165) is 54.0 Å². The monoisotopic (exact) mass is 462 g/mol. The largest absolute Gasteiger partial charge is 0.433 e. The molecule has 1 aliphatic rings. The molecule has 3 aromatic rings. The number of hydrogen-bond acceptors (Lipinski definition) is 6. The Morgan fingerprint density at radius 1 is 1.09 bits per heavy atom. The smallest absolute Gasteiger partial charge is 0.383 e. The summed E-state index contributed by atoms with van der Waals surface area (Å²) < 4.78 is 38.8. The highest BCUT2D eigenvalue weighted by atomic mass is 32.1. The van der Waals surface area contributed by atoms with Crippen molar-refractivity contribution in [1.29, 1.82) is 0 Å². The van der Waals surface area contributed by atoms with Gasteiger partial charge in [0.15, 0.2) is 0 Å². The van der Waals surface area contributed by atoms with Crippen molar-refractivity contribution in [2.45, 2.75) is 57.7 Å². The van der Waals surface area contributed by atoms with Crippen LogP contribution in [0.15, 0.2) is 36.7 Å². The summed E-state index contributed by atoms with van der Waals surface area (Å²) in [4.78, 5) is 12.9. The molecule has 9 heteroatoms. The van der Waals surface area contributed by atoms with Gasteiger partial charge in [-0.1, -0.05) is 25.3 Å². The van der Waals surface area contributed by atoms with Crippen LogP contribution in [0.3, 0.4) is 0 Å². The average Bonchev–Trinajstić information content (AvgIpc) is 3.25. The van der Waals surface area contributed by atoms with Crippen molar-refractivity contribution in [2.24, 2.45) is 5.92 Å². The summed E-state index contributed by atoms with van der Waals surface area (Å²) in [5.74, 6) is 0.0737. The lowest BCUT2D eigenvalue weighted by molar-refractivity contribution is -0.141. The number of alkyl halides is 3. The lowest BCUT2D eigenvalue weighted by atomic mass is 9.78. The Balaban J connectivity index is 1.59. The van der Waals surface area contributed by atoms with Gasteiger partial charge in [0.2, 0.25) is 5.95 Å². The molecule has 2 aromatic heterocycles. The van der Waals surface area contributed by atoms with E-state index in [0.29, 0.717) is 10.7 Å². The molecule has 32 heavy (non-hydrogen) atoms. The molecule has 1 atom stereocenters. The third kappa shape index (κ3) is 4.94. The predicted octanol–water partition coefficient (Wildman–Crippen LogP) is 6.46. The number of aromatic nitrogens is 3. The van der Waals surface area contributed by atoms with Crippen LogP contribution in [0.5, 0.6) is 0 Å². The van der Waals surface area contributed by atoms with E-state index in [1.807, 2.05) is 32.0 Å². The average molecular weight is 463 g/mol. The van der Waals surface area contributed by atoms with Gasteiger partial charge in [0.05, 0.1) is 4.88 Å². The molecule has 0 spiro atoms. The van der Waals surface area contributed by atoms with Crippen LogP contribution in [0.4, 0.5) is 24.8 Å². The molecule has 0 unspecified atom stereocenters. The van der Waals surface area contributed by atoms with Crippen LogP contribution < -0.4 is 5.32 Å². The van der Waals surface area contributed by atoms with Gasteiger partial charge in [-0.15, -0.1) is 11.3 Å². The number of thiazole rings is 1. The number of benzene rings is 1. The molecular formula is C23H25F3N4OS. The van der Waals surface area contributed by atoms with E-state index < -0.39 is 17.5 Å². The lowest BCUT2D eigenvalue weighted by Crippen LogP contribution is -2.33. The highest BCUT2D eigenvalue weighted by Crippen LogP contribution is 2.42. The molecule has 5 nitrogen and oxygen atoms in total. The van der Waals surface area contributed by atoms with Crippen molar-refractivity contribution in [3.05, 3.63) is 52.9 Å². The molecule has 1 aliphatic carbocycles. The van der Waals surface area contributed by atoms with Gasteiger partial charge in [0.25, 0.3) is 0 Å². The molecule has 0 bridgehead atoms. The zero-order valence-corrected chi connectivity index (χ0v) is 18.7. The maximum absolute atomic E-state index is 12.9. The van der Waals surface area contributed by atoms with E-state index >= 15 is 0 Å². The van der Waals surface area contributed by atoms with Crippen molar-refractivity contribution >= 4 is 23.0 Å². The minimum atomic E-state index is -4.54. The first-order valence-electron chi connectivity index (χ1n) is 10.6. The van der Waals surface area contributed by atoms with Crippen LogP contribution in [-0.4, -0.2) is 20.1 Å². The van der Waals surface area contributed by atoms with E-state index in [4.69, 9.17) is 0 Å². The van der Waals surface area contributed by atoms with Crippen molar-refractivity contribution in [3.63, 3.8) is 0 Å². The fourth-order valence-electron chi connectivity index (χ4n) is 4.18. The third-order valence-electron chi connectivity index (χ3n) is 5.90. The molecule has 170 valence electrons. The van der Waals surface area contributed by atoms with Gasteiger partial charge < -0.3 is 10.4 Å². The fraction of sp³-hybridized carbons (Fsp3) is 0.435. The van der Waals surface area contributed by atoms with Gasteiger partial charge in [-0.25, -0.2) is 15.0 Å². The summed E-state index contributed by atoms with van der Waals surface area (Å²) >= 11 is 1.45. The SMILES string of the molecule is Cc1cc(Nc2nccc(C(F)(F)F)n2)cc(-c2cnc([C@@](C)(O)C3CCCCC3)s2)c1. The minimum Gasteiger partial charge on any atom is -0.383 e. The first-order chi connectivity index (χ1) is 15.1. The number of aryl methyl sites for hydroxylation is 1. The summed E-state index contributed by atoms with van der Waals surface area (Å²) in [5.41, 5.74) is 0.391.